The minimum atomic E-state index is -0.114. The lowest BCUT2D eigenvalue weighted by Gasteiger charge is -2.30. The molecule has 132 valence electrons. The third-order valence-corrected chi connectivity index (χ3v) is 5.31. The third-order valence-electron chi connectivity index (χ3n) is 4.23. The van der Waals surface area contributed by atoms with Gasteiger partial charge in [-0.15, -0.1) is 0 Å². The predicted octanol–water partition coefficient (Wildman–Crippen LogP) is 2.81. The number of amides is 1. The summed E-state index contributed by atoms with van der Waals surface area (Å²) in [6.07, 6.45) is 1.51. The number of nitrogens with two attached hydrogens (primary N) is 1. The Kier molecular flexibility index (Phi) is 5.61. The van der Waals surface area contributed by atoms with Crippen molar-refractivity contribution in [3.63, 3.8) is 0 Å². The van der Waals surface area contributed by atoms with Gasteiger partial charge in [0.1, 0.15) is 4.99 Å². The van der Waals surface area contributed by atoms with Gasteiger partial charge in [-0.25, -0.2) is 0 Å². The van der Waals surface area contributed by atoms with Gasteiger partial charge in [0.2, 0.25) is 0 Å². The molecule has 3 rings (SSSR count). The number of thiocarbonyl (C=S) groups is 1. The molecule has 2 aliphatic heterocycles. The van der Waals surface area contributed by atoms with Crippen LogP contribution in [0.4, 0.5) is 0 Å². The van der Waals surface area contributed by atoms with E-state index in [9.17, 15) is 4.79 Å². The average Bonchev–Trinajstić information content (AvgIpc) is 2.82. The van der Waals surface area contributed by atoms with Gasteiger partial charge in [-0.3, -0.25) is 9.79 Å². The molecule has 0 fully saturated rings. The summed E-state index contributed by atoms with van der Waals surface area (Å²) in [5.74, 6) is -0.114. The number of carbonyl (C=O) groups is 1. The Morgan fingerprint density at radius 1 is 1.32 bits per heavy atom. The third kappa shape index (κ3) is 3.97. The topological polar surface area (TPSA) is 70.7 Å². The first-order valence-electron chi connectivity index (χ1n) is 8.02. The molecular formula is C17H18Cl2N4OS. The van der Waals surface area contributed by atoms with E-state index in [2.05, 4.69) is 10.3 Å². The molecule has 3 N–H and O–H groups in total. The van der Waals surface area contributed by atoms with Crippen LogP contribution in [0.1, 0.15) is 23.2 Å². The quantitative estimate of drug-likeness (QED) is 0.753. The monoisotopic (exact) mass is 396 g/mol. The maximum Gasteiger partial charge on any atom is 0.254 e. The van der Waals surface area contributed by atoms with Crippen LogP contribution >= 0.6 is 35.4 Å². The summed E-state index contributed by atoms with van der Waals surface area (Å²) < 4.78 is 0. The molecule has 1 amide bonds. The molecule has 1 aromatic rings. The predicted molar refractivity (Wildman–Crippen MR) is 106 cm³/mol. The fourth-order valence-corrected chi connectivity index (χ4v) is 3.44. The van der Waals surface area contributed by atoms with E-state index in [0.717, 1.165) is 24.2 Å². The maximum atomic E-state index is 12.8. The van der Waals surface area contributed by atoms with Crippen LogP contribution in [0.5, 0.6) is 0 Å². The Hall–Kier alpha value is -1.63. The summed E-state index contributed by atoms with van der Waals surface area (Å²) >= 11 is 17.4. The van der Waals surface area contributed by atoms with E-state index in [1.54, 1.807) is 23.1 Å². The molecule has 0 unspecified atom stereocenters. The van der Waals surface area contributed by atoms with Crippen molar-refractivity contribution in [2.45, 2.75) is 12.8 Å². The number of hydrogen-bond acceptors (Lipinski definition) is 4. The summed E-state index contributed by atoms with van der Waals surface area (Å²) in [5.41, 5.74) is 8.98. The van der Waals surface area contributed by atoms with Gasteiger partial charge in [-0.1, -0.05) is 35.4 Å². The number of benzene rings is 1. The lowest BCUT2D eigenvalue weighted by atomic mass is 10.0. The minimum Gasteiger partial charge on any atom is -0.402 e. The Bertz CT molecular complexity index is 791. The second-order valence-electron chi connectivity index (χ2n) is 5.95. The zero-order chi connectivity index (χ0) is 18.0. The highest BCUT2D eigenvalue weighted by atomic mass is 35.5. The molecule has 0 saturated heterocycles. The van der Waals surface area contributed by atoms with Gasteiger partial charge in [-0.2, -0.15) is 0 Å². The molecular weight excluding hydrogens is 379 g/mol. The summed E-state index contributed by atoms with van der Waals surface area (Å²) in [7, 11) is 0. The molecule has 0 bridgehead atoms. The van der Waals surface area contributed by atoms with Crippen molar-refractivity contribution in [1.29, 1.82) is 0 Å². The fourth-order valence-electron chi connectivity index (χ4n) is 2.85. The van der Waals surface area contributed by atoms with Gasteiger partial charge in [0, 0.05) is 49.4 Å². The highest BCUT2D eigenvalue weighted by molar-refractivity contribution is 7.82. The standard InChI is InChI=1S/C17H18Cl2N4OS/c18-12-3-2-10(8-13(12)19)17(24)23-7-4-14(20)11(9-23)15-16(25)22-6-1-5-21-15/h2-3,8H,1,4-7,9,20H2,(H,22,25). The molecule has 2 aliphatic rings. The highest BCUT2D eigenvalue weighted by Crippen LogP contribution is 2.25. The van der Waals surface area contributed by atoms with Crippen LogP contribution in [-0.4, -0.2) is 47.7 Å². The first-order valence-corrected chi connectivity index (χ1v) is 9.18. The lowest BCUT2D eigenvalue weighted by molar-refractivity contribution is 0.0766. The summed E-state index contributed by atoms with van der Waals surface area (Å²) in [5, 5.41) is 3.96. The van der Waals surface area contributed by atoms with Crippen LogP contribution in [0.3, 0.4) is 0 Å². The Labute approximate surface area is 161 Å². The highest BCUT2D eigenvalue weighted by Gasteiger charge is 2.27. The molecule has 1 aromatic carbocycles. The summed E-state index contributed by atoms with van der Waals surface area (Å²) in [6, 6.07) is 4.89. The van der Waals surface area contributed by atoms with Gasteiger partial charge in [0.05, 0.1) is 15.8 Å². The first-order chi connectivity index (χ1) is 12.0. The van der Waals surface area contributed by atoms with E-state index in [1.807, 2.05) is 0 Å². The second-order valence-corrected chi connectivity index (χ2v) is 7.17. The summed E-state index contributed by atoms with van der Waals surface area (Å²) in [4.78, 5) is 19.7. The molecule has 0 atom stereocenters. The largest absolute Gasteiger partial charge is 0.402 e. The number of nitrogens with zero attached hydrogens (tertiary/aromatic N) is 2. The van der Waals surface area contributed by atoms with Crippen molar-refractivity contribution < 1.29 is 4.79 Å². The van der Waals surface area contributed by atoms with E-state index >= 15 is 0 Å². The Balaban J connectivity index is 1.84. The molecule has 0 radical (unpaired) electrons. The van der Waals surface area contributed by atoms with Gasteiger partial charge < -0.3 is 16.0 Å². The number of hydrogen-bond donors (Lipinski definition) is 2. The van der Waals surface area contributed by atoms with E-state index in [0.29, 0.717) is 52.4 Å². The van der Waals surface area contributed by atoms with Crippen molar-refractivity contribution in [2.24, 2.45) is 10.7 Å². The molecule has 25 heavy (non-hydrogen) atoms. The maximum absolute atomic E-state index is 12.8. The minimum absolute atomic E-state index is 0.114. The van der Waals surface area contributed by atoms with Crippen molar-refractivity contribution in [1.82, 2.24) is 10.2 Å². The van der Waals surface area contributed by atoms with Crippen LogP contribution in [0.2, 0.25) is 10.0 Å². The molecule has 5 nitrogen and oxygen atoms in total. The van der Waals surface area contributed by atoms with Crippen LogP contribution in [-0.2, 0) is 0 Å². The van der Waals surface area contributed by atoms with Gasteiger partial charge in [0.25, 0.3) is 5.91 Å². The summed E-state index contributed by atoms with van der Waals surface area (Å²) in [6.45, 7) is 2.42. The zero-order valence-electron chi connectivity index (χ0n) is 13.5. The Morgan fingerprint density at radius 2 is 2.12 bits per heavy atom. The van der Waals surface area contributed by atoms with Crippen molar-refractivity contribution in [3.8, 4) is 0 Å². The average molecular weight is 397 g/mol. The second kappa shape index (κ2) is 7.72. The molecule has 0 saturated carbocycles. The molecule has 8 heteroatoms. The van der Waals surface area contributed by atoms with Gasteiger partial charge in [0.15, 0.2) is 0 Å². The molecule has 2 heterocycles. The van der Waals surface area contributed by atoms with Gasteiger partial charge in [-0.05, 0) is 24.6 Å². The molecule has 0 spiro atoms. The zero-order valence-corrected chi connectivity index (χ0v) is 15.8. The Morgan fingerprint density at radius 3 is 2.88 bits per heavy atom. The number of aliphatic imine (C=N–C) groups is 1. The smallest absolute Gasteiger partial charge is 0.254 e. The normalized spacial score (nSPS) is 18.6. The SMILES string of the molecule is NC1=C(C2=NCCCNC2=S)CN(C(=O)c2ccc(Cl)c(Cl)c2)CC1. The van der Waals surface area contributed by atoms with E-state index < -0.39 is 0 Å². The van der Waals surface area contributed by atoms with E-state index in [-0.39, 0.29) is 5.91 Å². The van der Waals surface area contributed by atoms with Crippen LogP contribution < -0.4 is 11.1 Å². The number of rotatable bonds is 2. The van der Waals surface area contributed by atoms with Crippen LogP contribution in [0, 0.1) is 0 Å². The van der Waals surface area contributed by atoms with E-state index in [4.69, 9.17) is 41.2 Å². The first kappa shape index (κ1) is 18.2. The van der Waals surface area contributed by atoms with Crippen LogP contribution in [0.25, 0.3) is 0 Å². The number of halogens is 2. The molecule has 0 aromatic heterocycles. The lowest BCUT2D eigenvalue weighted by Crippen LogP contribution is -2.42. The van der Waals surface area contributed by atoms with Crippen molar-refractivity contribution >= 4 is 52.0 Å². The van der Waals surface area contributed by atoms with E-state index in [1.165, 1.54) is 0 Å². The van der Waals surface area contributed by atoms with Gasteiger partial charge >= 0.3 is 0 Å². The number of nitrogens with one attached hydrogen (secondary N) is 1. The fraction of sp³-hybridized carbons (Fsp3) is 0.353. The number of carbonyl (C=O) groups excluding carboxylic acids is 1. The van der Waals surface area contributed by atoms with Crippen molar-refractivity contribution in [3.05, 3.63) is 45.1 Å². The molecule has 0 aliphatic carbocycles. The van der Waals surface area contributed by atoms with Crippen molar-refractivity contribution in [2.75, 3.05) is 26.2 Å². The van der Waals surface area contributed by atoms with Crippen LogP contribution in [0.15, 0.2) is 34.5 Å².